The van der Waals surface area contributed by atoms with Gasteiger partial charge in [-0.05, 0) is 18.2 Å². The quantitative estimate of drug-likeness (QED) is 0.707. The summed E-state index contributed by atoms with van der Waals surface area (Å²) in [5, 5.41) is 10.8. The Bertz CT molecular complexity index is 917. The minimum atomic E-state index is -3.55. The minimum absolute atomic E-state index is 0.0906. The molecule has 25 heavy (non-hydrogen) atoms. The lowest BCUT2D eigenvalue weighted by atomic mass is 10.3. The van der Waals surface area contributed by atoms with Crippen molar-refractivity contribution in [2.75, 3.05) is 20.6 Å². The normalized spacial score (nSPS) is 11.8. The Kier molecular flexibility index (Phi) is 5.43. The van der Waals surface area contributed by atoms with Gasteiger partial charge < -0.3 is 15.0 Å². The molecular weight excluding hydrogens is 348 g/mol. The van der Waals surface area contributed by atoms with Gasteiger partial charge in [0.1, 0.15) is 12.4 Å². The highest BCUT2D eigenvalue weighted by Gasteiger charge is 2.19. The molecule has 1 aromatic carbocycles. The Hall–Kier alpha value is -2.46. The lowest BCUT2D eigenvalue weighted by Crippen LogP contribution is -2.29. The number of aryl methyl sites for hydroxylation is 2. The first-order valence-corrected chi connectivity index (χ1v) is 8.93. The van der Waals surface area contributed by atoms with Gasteiger partial charge in [-0.2, -0.15) is 0 Å². The molecule has 0 unspecified atom stereocenters. The highest BCUT2D eigenvalue weighted by atomic mass is 32.2. The molecule has 0 aliphatic heterocycles. The van der Waals surface area contributed by atoms with Crippen molar-refractivity contribution in [1.82, 2.24) is 19.2 Å². The number of carbonyl (C=O) groups excluding carboxylic acids is 1. The minimum Gasteiger partial charge on any atom is -0.480 e. The van der Waals surface area contributed by atoms with E-state index < -0.39 is 22.5 Å². The number of carboxylic acids is 1. The summed E-state index contributed by atoms with van der Waals surface area (Å²) >= 11 is 0. The predicted octanol–water partition coefficient (Wildman–Crippen LogP) is -0.0430. The van der Waals surface area contributed by atoms with Gasteiger partial charge >= 0.3 is 5.97 Å². The molecule has 1 heterocycles. The number of hydrogen-bond donors (Lipinski definition) is 2. The zero-order valence-electron chi connectivity index (χ0n) is 14.2. The standard InChI is InChI=1S/C15H20N4O5S/c1-18(2)25(23,24)10-4-5-12-11(8-10)17-13(19(12)3)6-7-14(20)16-9-15(21)22/h4-5,8H,6-7,9H2,1-3H3,(H,16,20)(H,21,22). The van der Waals surface area contributed by atoms with Gasteiger partial charge in [0.25, 0.3) is 0 Å². The summed E-state index contributed by atoms with van der Waals surface area (Å²) in [6, 6.07) is 4.69. The zero-order chi connectivity index (χ0) is 18.8. The van der Waals surface area contributed by atoms with E-state index in [4.69, 9.17) is 5.11 Å². The van der Waals surface area contributed by atoms with Crippen molar-refractivity contribution in [3.05, 3.63) is 24.0 Å². The molecule has 10 heteroatoms. The van der Waals surface area contributed by atoms with Crippen molar-refractivity contribution in [3.63, 3.8) is 0 Å². The van der Waals surface area contributed by atoms with Crippen LogP contribution < -0.4 is 5.32 Å². The Morgan fingerprint density at radius 1 is 1.32 bits per heavy atom. The van der Waals surface area contributed by atoms with Gasteiger partial charge in [-0.3, -0.25) is 9.59 Å². The largest absolute Gasteiger partial charge is 0.480 e. The second-order valence-electron chi connectivity index (χ2n) is 5.70. The first kappa shape index (κ1) is 18.9. The molecule has 136 valence electrons. The fourth-order valence-electron chi connectivity index (χ4n) is 2.31. The van der Waals surface area contributed by atoms with E-state index in [9.17, 15) is 18.0 Å². The summed E-state index contributed by atoms with van der Waals surface area (Å²) in [6.07, 6.45) is 0.402. The highest BCUT2D eigenvalue weighted by molar-refractivity contribution is 7.89. The summed E-state index contributed by atoms with van der Waals surface area (Å²) in [6.45, 7) is -0.423. The van der Waals surface area contributed by atoms with E-state index in [1.165, 1.54) is 26.2 Å². The number of amides is 1. The number of sulfonamides is 1. The Balaban J connectivity index is 2.21. The maximum atomic E-state index is 12.2. The summed E-state index contributed by atoms with van der Waals surface area (Å²) < 4.78 is 27.3. The summed E-state index contributed by atoms with van der Waals surface area (Å²) in [5.74, 6) is -0.879. The van der Waals surface area contributed by atoms with E-state index in [1.54, 1.807) is 17.7 Å². The molecular formula is C15H20N4O5S. The van der Waals surface area contributed by atoms with E-state index in [-0.39, 0.29) is 17.2 Å². The number of nitrogens with one attached hydrogen (secondary N) is 1. The van der Waals surface area contributed by atoms with Crippen LogP contribution in [0.15, 0.2) is 23.1 Å². The van der Waals surface area contributed by atoms with Crippen LogP contribution >= 0.6 is 0 Å². The number of aromatic nitrogens is 2. The van der Waals surface area contributed by atoms with Crippen LogP contribution in [0.5, 0.6) is 0 Å². The number of fused-ring (bicyclic) bond motifs is 1. The van der Waals surface area contributed by atoms with Gasteiger partial charge in [0.15, 0.2) is 0 Å². The first-order valence-electron chi connectivity index (χ1n) is 7.49. The Morgan fingerprint density at radius 3 is 2.60 bits per heavy atom. The predicted molar refractivity (Wildman–Crippen MR) is 90.6 cm³/mol. The van der Waals surface area contributed by atoms with Crippen LogP contribution in [0.4, 0.5) is 0 Å². The Morgan fingerprint density at radius 2 is 2.00 bits per heavy atom. The van der Waals surface area contributed by atoms with Crippen molar-refractivity contribution in [1.29, 1.82) is 0 Å². The number of benzene rings is 1. The third-order valence-corrected chi connectivity index (χ3v) is 5.55. The number of carboxylic acid groups (broad SMARTS) is 1. The van der Waals surface area contributed by atoms with Crippen LogP contribution in [0, 0.1) is 0 Å². The number of carbonyl (C=O) groups is 2. The van der Waals surface area contributed by atoms with Crippen LogP contribution in [0.25, 0.3) is 11.0 Å². The van der Waals surface area contributed by atoms with Gasteiger partial charge in [-0.25, -0.2) is 17.7 Å². The molecule has 0 atom stereocenters. The molecule has 9 nitrogen and oxygen atoms in total. The van der Waals surface area contributed by atoms with E-state index in [1.807, 2.05) is 0 Å². The average molecular weight is 368 g/mol. The second-order valence-corrected chi connectivity index (χ2v) is 7.85. The van der Waals surface area contributed by atoms with Gasteiger partial charge in [0.05, 0.1) is 15.9 Å². The average Bonchev–Trinajstić information content (AvgIpc) is 2.86. The van der Waals surface area contributed by atoms with Gasteiger partial charge in [0.2, 0.25) is 15.9 Å². The fourth-order valence-corrected chi connectivity index (χ4v) is 3.23. The smallest absolute Gasteiger partial charge is 0.322 e. The number of aliphatic carboxylic acids is 1. The number of nitrogens with zero attached hydrogens (tertiary/aromatic N) is 3. The summed E-state index contributed by atoms with van der Waals surface area (Å²) in [5.41, 5.74) is 1.27. The molecule has 2 N–H and O–H groups in total. The van der Waals surface area contributed by atoms with E-state index in [0.29, 0.717) is 17.8 Å². The number of rotatable bonds is 7. The number of imidazole rings is 1. The highest BCUT2D eigenvalue weighted by Crippen LogP contribution is 2.21. The van der Waals surface area contributed by atoms with Crippen molar-refractivity contribution in [3.8, 4) is 0 Å². The monoisotopic (exact) mass is 368 g/mol. The van der Waals surface area contributed by atoms with Crippen molar-refractivity contribution in [2.45, 2.75) is 17.7 Å². The van der Waals surface area contributed by atoms with Crippen molar-refractivity contribution < 1.29 is 23.1 Å². The summed E-state index contributed by atoms with van der Waals surface area (Å²) in [4.78, 5) is 26.6. The van der Waals surface area contributed by atoms with E-state index >= 15 is 0 Å². The van der Waals surface area contributed by atoms with Gasteiger partial charge in [-0.1, -0.05) is 0 Å². The lowest BCUT2D eigenvalue weighted by molar-refractivity contribution is -0.137. The van der Waals surface area contributed by atoms with Crippen LogP contribution in [-0.4, -0.2) is 59.9 Å². The van der Waals surface area contributed by atoms with Gasteiger partial charge in [0, 0.05) is 34.0 Å². The molecule has 0 spiro atoms. The number of hydrogen-bond acceptors (Lipinski definition) is 5. The third-order valence-electron chi connectivity index (χ3n) is 3.74. The summed E-state index contributed by atoms with van der Waals surface area (Å²) in [7, 11) is 1.14. The Labute approximate surface area is 145 Å². The van der Waals surface area contributed by atoms with Crippen molar-refractivity contribution in [2.24, 2.45) is 7.05 Å². The molecule has 0 saturated carbocycles. The molecule has 0 aliphatic carbocycles. The third kappa shape index (κ3) is 4.15. The first-order chi connectivity index (χ1) is 11.6. The fraction of sp³-hybridized carbons (Fsp3) is 0.400. The molecule has 0 bridgehead atoms. The topological polar surface area (TPSA) is 122 Å². The molecule has 1 amide bonds. The van der Waals surface area contributed by atoms with Crippen LogP contribution in [-0.2, 0) is 33.1 Å². The molecule has 1 aromatic heterocycles. The lowest BCUT2D eigenvalue weighted by Gasteiger charge is -2.10. The molecule has 2 rings (SSSR count). The van der Waals surface area contributed by atoms with E-state index in [2.05, 4.69) is 10.3 Å². The maximum Gasteiger partial charge on any atom is 0.322 e. The second kappa shape index (κ2) is 7.19. The van der Waals surface area contributed by atoms with Crippen molar-refractivity contribution >= 4 is 32.9 Å². The van der Waals surface area contributed by atoms with Crippen LogP contribution in [0.1, 0.15) is 12.2 Å². The molecule has 0 saturated heterocycles. The molecule has 0 radical (unpaired) electrons. The molecule has 2 aromatic rings. The molecule has 0 fully saturated rings. The maximum absolute atomic E-state index is 12.2. The van der Waals surface area contributed by atoms with Crippen LogP contribution in [0.2, 0.25) is 0 Å². The van der Waals surface area contributed by atoms with Gasteiger partial charge in [-0.15, -0.1) is 0 Å². The zero-order valence-corrected chi connectivity index (χ0v) is 15.0. The van der Waals surface area contributed by atoms with E-state index in [0.717, 1.165) is 9.82 Å². The molecule has 0 aliphatic rings. The SMILES string of the molecule is CN(C)S(=O)(=O)c1ccc2c(c1)nc(CCC(=O)NCC(=O)O)n2C. The van der Waals surface area contributed by atoms with Crippen LogP contribution in [0.3, 0.4) is 0 Å².